The van der Waals surface area contributed by atoms with Gasteiger partial charge in [-0.05, 0) is 23.8 Å². The lowest BCUT2D eigenvalue weighted by molar-refractivity contribution is 0.0850. The Morgan fingerprint density at radius 3 is 2.90 bits per heavy atom. The molecule has 0 aromatic heterocycles. The number of benzene rings is 2. The van der Waals surface area contributed by atoms with E-state index in [4.69, 9.17) is 15.2 Å². The largest absolute Gasteiger partial charge is 0.497 e. The fourth-order valence-corrected chi connectivity index (χ4v) is 2.44. The summed E-state index contributed by atoms with van der Waals surface area (Å²) in [4.78, 5) is 12.2. The minimum atomic E-state index is -0.539. The summed E-state index contributed by atoms with van der Waals surface area (Å²) in [5, 5.41) is 0. The van der Waals surface area contributed by atoms with Crippen LogP contribution in [0.5, 0.6) is 11.5 Å². The van der Waals surface area contributed by atoms with E-state index in [9.17, 15) is 9.18 Å². The summed E-state index contributed by atoms with van der Waals surface area (Å²) in [5.74, 6) is 0.209. The zero-order chi connectivity index (χ0) is 15.0. The molecule has 0 fully saturated rings. The van der Waals surface area contributed by atoms with Gasteiger partial charge in [0.15, 0.2) is 11.5 Å². The van der Waals surface area contributed by atoms with Gasteiger partial charge in [-0.3, -0.25) is 4.79 Å². The number of nitrogens with two attached hydrogens (primary N) is 1. The fraction of sp³-hybridized carbons (Fsp3) is 0.188. The van der Waals surface area contributed by atoms with Crippen molar-refractivity contribution in [3.8, 4) is 11.5 Å². The Morgan fingerprint density at radius 1 is 1.33 bits per heavy atom. The number of carbonyl (C=O) groups excluding carboxylic acids is 1. The summed E-state index contributed by atoms with van der Waals surface area (Å²) < 4.78 is 24.3. The van der Waals surface area contributed by atoms with Gasteiger partial charge in [-0.15, -0.1) is 0 Å². The van der Waals surface area contributed by atoms with Crippen LogP contribution in [0.3, 0.4) is 0 Å². The molecule has 1 unspecified atom stereocenters. The van der Waals surface area contributed by atoms with Crippen LogP contribution in [-0.4, -0.2) is 12.9 Å². The van der Waals surface area contributed by atoms with E-state index in [1.807, 2.05) is 24.3 Å². The van der Waals surface area contributed by atoms with E-state index in [0.717, 1.165) is 17.7 Å². The van der Waals surface area contributed by atoms with Gasteiger partial charge < -0.3 is 15.2 Å². The number of nitrogen functional groups attached to an aromatic ring is 1. The first-order valence-corrected chi connectivity index (χ1v) is 6.51. The van der Waals surface area contributed by atoms with E-state index in [1.165, 1.54) is 0 Å². The molecule has 4 nitrogen and oxygen atoms in total. The molecule has 0 amide bonds. The number of carbonyl (C=O) groups is 1. The molecule has 0 radical (unpaired) electrons. The highest BCUT2D eigenvalue weighted by molar-refractivity contribution is 6.01. The Morgan fingerprint density at radius 2 is 2.14 bits per heavy atom. The van der Waals surface area contributed by atoms with Gasteiger partial charge >= 0.3 is 0 Å². The zero-order valence-corrected chi connectivity index (χ0v) is 11.4. The molecule has 2 N–H and O–H groups in total. The smallest absolute Gasteiger partial charge is 0.170 e. The van der Waals surface area contributed by atoms with Crippen LogP contribution in [0, 0.1) is 5.82 Å². The summed E-state index contributed by atoms with van der Waals surface area (Å²) in [7, 11) is 1.57. The van der Waals surface area contributed by atoms with E-state index in [1.54, 1.807) is 7.11 Å². The number of methoxy groups -OCH3 is 1. The number of hydrogen-bond donors (Lipinski definition) is 1. The van der Waals surface area contributed by atoms with Crippen molar-refractivity contribution in [2.75, 3.05) is 12.8 Å². The molecule has 21 heavy (non-hydrogen) atoms. The molecule has 1 atom stereocenters. The van der Waals surface area contributed by atoms with E-state index in [0.29, 0.717) is 5.75 Å². The third-order valence-corrected chi connectivity index (χ3v) is 3.48. The lowest BCUT2D eigenvalue weighted by Crippen LogP contribution is -2.21. The van der Waals surface area contributed by atoms with Gasteiger partial charge in [0.25, 0.3) is 0 Å². The van der Waals surface area contributed by atoms with Crippen LogP contribution >= 0.6 is 0 Å². The second kappa shape index (κ2) is 5.09. The molecule has 0 aliphatic carbocycles. The first-order valence-electron chi connectivity index (χ1n) is 6.51. The molecule has 0 spiro atoms. The number of fused-ring (bicyclic) bond motifs is 1. The quantitative estimate of drug-likeness (QED) is 0.862. The summed E-state index contributed by atoms with van der Waals surface area (Å²) >= 11 is 0. The van der Waals surface area contributed by atoms with Gasteiger partial charge in [-0.2, -0.15) is 0 Å². The van der Waals surface area contributed by atoms with Crippen LogP contribution in [0.15, 0.2) is 36.4 Å². The highest BCUT2D eigenvalue weighted by atomic mass is 19.1. The second-order valence-corrected chi connectivity index (χ2v) is 4.88. The molecule has 5 heteroatoms. The van der Waals surface area contributed by atoms with Crippen LogP contribution in [-0.2, 0) is 0 Å². The predicted octanol–water partition coefficient (Wildman–Crippen LogP) is 3.12. The van der Waals surface area contributed by atoms with Gasteiger partial charge in [0.1, 0.15) is 17.7 Å². The molecule has 108 valence electrons. The minimum Gasteiger partial charge on any atom is -0.497 e. The van der Waals surface area contributed by atoms with Crippen molar-refractivity contribution in [2.45, 2.75) is 12.5 Å². The maximum Gasteiger partial charge on any atom is 0.170 e. The lowest BCUT2D eigenvalue weighted by atomic mass is 9.95. The molecule has 1 aliphatic rings. The molecular formula is C16H14FNO3. The number of ketones is 1. The number of ether oxygens (including phenoxy) is 2. The molecule has 0 saturated heterocycles. The zero-order valence-electron chi connectivity index (χ0n) is 11.4. The summed E-state index contributed by atoms with van der Waals surface area (Å²) in [5.41, 5.74) is 6.91. The van der Waals surface area contributed by atoms with Crippen LogP contribution < -0.4 is 15.2 Å². The lowest BCUT2D eigenvalue weighted by Gasteiger charge is -2.26. The first kappa shape index (κ1) is 13.4. The Hall–Kier alpha value is -2.56. The van der Waals surface area contributed by atoms with Crippen molar-refractivity contribution in [3.63, 3.8) is 0 Å². The topological polar surface area (TPSA) is 61.5 Å². The van der Waals surface area contributed by atoms with Crippen molar-refractivity contribution < 1.29 is 18.7 Å². The number of anilines is 1. The van der Waals surface area contributed by atoms with E-state index >= 15 is 0 Å². The van der Waals surface area contributed by atoms with Crippen molar-refractivity contribution in [3.05, 3.63) is 53.3 Å². The molecule has 2 aromatic rings. The number of Topliss-reactive ketones (excluding diaryl/α,β-unsaturated/α-hetero) is 1. The van der Waals surface area contributed by atoms with Crippen molar-refractivity contribution in [1.29, 1.82) is 0 Å². The highest BCUT2D eigenvalue weighted by Crippen LogP contribution is 2.39. The van der Waals surface area contributed by atoms with Crippen LogP contribution in [0.4, 0.5) is 10.1 Å². The average Bonchev–Trinajstić information content (AvgIpc) is 2.48. The summed E-state index contributed by atoms with van der Waals surface area (Å²) in [6.45, 7) is 0. The second-order valence-electron chi connectivity index (χ2n) is 4.88. The Balaban J connectivity index is 2.00. The Kier molecular flexibility index (Phi) is 3.25. The first-order chi connectivity index (χ1) is 10.1. The normalized spacial score (nSPS) is 17.0. The van der Waals surface area contributed by atoms with Crippen LogP contribution in [0.1, 0.15) is 28.4 Å². The van der Waals surface area contributed by atoms with Gasteiger partial charge in [0.2, 0.25) is 0 Å². The van der Waals surface area contributed by atoms with Crippen molar-refractivity contribution >= 4 is 11.5 Å². The maximum atomic E-state index is 13.3. The number of rotatable bonds is 2. The monoisotopic (exact) mass is 287 g/mol. The molecule has 0 bridgehead atoms. The number of hydrogen-bond acceptors (Lipinski definition) is 4. The molecule has 3 rings (SSSR count). The van der Waals surface area contributed by atoms with Crippen LogP contribution in [0.25, 0.3) is 0 Å². The van der Waals surface area contributed by atoms with Crippen molar-refractivity contribution in [2.24, 2.45) is 0 Å². The predicted molar refractivity (Wildman–Crippen MR) is 76.1 cm³/mol. The van der Waals surface area contributed by atoms with E-state index < -0.39 is 11.9 Å². The van der Waals surface area contributed by atoms with E-state index in [-0.39, 0.29) is 29.2 Å². The number of halogens is 1. The average molecular weight is 287 g/mol. The Labute approximate surface area is 121 Å². The Bertz CT molecular complexity index is 715. The van der Waals surface area contributed by atoms with Gasteiger partial charge in [0, 0.05) is 6.07 Å². The van der Waals surface area contributed by atoms with Gasteiger partial charge in [-0.25, -0.2) is 4.39 Å². The molecule has 1 heterocycles. The standard InChI is InChI=1S/C16H14FNO3/c1-20-11-4-2-3-9(5-11)15-8-14(19)12-6-10(17)7-13(18)16(12)21-15/h2-7,15H,8,18H2,1H3. The SMILES string of the molecule is COc1cccc(C2CC(=O)c3cc(F)cc(N)c3O2)c1. The summed E-state index contributed by atoms with van der Waals surface area (Å²) in [6.07, 6.45) is -0.309. The van der Waals surface area contributed by atoms with Gasteiger partial charge in [0.05, 0.1) is 24.8 Å². The molecule has 0 saturated carbocycles. The summed E-state index contributed by atoms with van der Waals surface area (Å²) in [6, 6.07) is 9.61. The fourth-order valence-electron chi connectivity index (χ4n) is 2.44. The maximum absolute atomic E-state index is 13.3. The minimum absolute atomic E-state index is 0.131. The third-order valence-electron chi connectivity index (χ3n) is 3.48. The van der Waals surface area contributed by atoms with Gasteiger partial charge in [-0.1, -0.05) is 12.1 Å². The third kappa shape index (κ3) is 2.42. The highest BCUT2D eigenvalue weighted by Gasteiger charge is 2.30. The van der Waals surface area contributed by atoms with Crippen molar-refractivity contribution in [1.82, 2.24) is 0 Å². The van der Waals surface area contributed by atoms with Crippen LogP contribution in [0.2, 0.25) is 0 Å². The molecular weight excluding hydrogens is 273 g/mol. The molecule has 1 aliphatic heterocycles. The van der Waals surface area contributed by atoms with E-state index in [2.05, 4.69) is 0 Å². The molecule has 2 aromatic carbocycles.